The number of ether oxygens (including phenoxy) is 2. The fourth-order valence-electron chi connectivity index (χ4n) is 1.65. The molecule has 0 aliphatic carbocycles. The Morgan fingerprint density at radius 1 is 1.26 bits per heavy atom. The summed E-state index contributed by atoms with van der Waals surface area (Å²) in [6.07, 6.45) is 0.855. The molecular weight excluding hydrogens is 357 g/mol. The van der Waals surface area contributed by atoms with Gasteiger partial charge in [-0.05, 0) is 18.1 Å². The monoisotopic (exact) mass is 379 g/mol. The predicted octanol–water partition coefficient (Wildman–Crippen LogP) is 1.66. The highest BCUT2D eigenvalue weighted by molar-refractivity contribution is 14.0. The Morgan fingerprint density at radius 3 is 2.53 bits per heavy atom. The van der Waals surface area contributed by atoms with Crippen molar-refractivity contribution < 1.29 is 9.47 Å². The Bertz CT molecular complexity index is 411. The van der Waals surface area contributed by atoms with Crippen LogP contribution in [0, 0.1) is 0 Å². The van der Waals surface area contributed by atoms with Crippen molar-refractivity contribution in [3.63, 3.8) is 0 Å². The Kier molecular flexibility index (Phi) is 9.11. The second-order valence-electron chi connectivity index (χ2n) is 3.68. The molecule has 0 fully saturated rings. The molecule has 0 radical (unpaired) electrons. The van der Waals surface area contributed by atoms with E-state index in [1.54, 1.807) is 21.3 Å². The summed E-state index contributed by atoms with van der Waals surface area (Å²) in [4.78, 5) is 4.05. The molecule has 19 heavy (non-hydrogen) atoms. The summed E-state index contributed by atoms with van der Waals surface area (Å²) >= 11 is 0. The first-order chi connectivity index (χ1) is 8.74. The molecule has 0 atom stereocenters. The lowest BCUT2D eigenvalue weighted by molar-refractivity contribution is 0.391. The van der Waals surface area contributed by atoms with Gasteiger partial charge in [0.1, 0.15) is 11.5 Å². The Hall–Kier alpha value is -1.18. The van der Waals surface area contributed by atoms with Crippen molar-refractivity contribution >= 4 is 29.9 Å². The highest BCUT2D eigenvalue weighted by atomic mass is 127. The van der Waals surface area contributed by atoms with Crippen LogP contribution < -0.4 is 20.1 Å². The van der Waals surface area contributed by atoms with E-state index in [1.807, 2.05) is 25.2 Å². The number of hydrogen-bond donors (Lipinski definition) is 2. The number of aliphatic imine (C=N–C) groups is 1. The largest absolute Gasteiger partial charge is 0.497 e. The first kappa shape index (κ1) is 17.8. The minimum atomic E-state index is 0. The molecule has 0 amide bonds. The van der Waals surface area contributed by atoms with Crippen LogP contribution >= 0.6 is 24.0 Å². The molecule has 1 aromatic rings. The third kappa shape index (κ3) is 5.54. The zero-order valence-corrected chi connectivity index (χ0v) is 14.1. The molecule has 0 aromatic heterocycles. The van der Waals surface area contributed by atoms with E-state index < -0.39 is 0 Å². The highest BCUT2D eigenvalue weighted by Gasteiger charge is 2.05. The second kappa shape index (κ2) is 9.71. The van der Waals surface area contributed by atoms with E-state index in [-0.39, 0.29) is 24.0 Å². The zero-order valence-electron chi connectivity index (χ0n) is 11.8. The van der Waals surface area contributed by atoms with Gasteiger partial charge in [-0.25, -0.2) is 0 Å². The van der Waals surface area contributed by atoms with Gasteiger partial charge < -0.3 is 20.1 Å². The van der Waals surface area contributed by atoms with Crippen LogP contribution in [0.25, 0.3) is 0 Å². The van der Waals surface area contributed by atoms with Crippen LogP contribution in [0.15, 0.2) is 23.2 Å². The first-order valence-electron chi connectivity index (χ1n) is 5.84. The van der Waals surface area contributed by atoms with Gasteiger partial charge in [-0.1, -0.05) is 6.07 Å². The molecule has 0 saturated heterocycles. The standard InChI is InChI=1S/C13H21N3O2.HI/c1-14-13(15-2)16-8-7-10-5-6-11(17-3)9-12(10)18-4;/h5-6,9H,7-8H2,1-4H3,(H2,14,15,16);1H. The molecule has 1 aromatic carbocycles. The summed E-state index contributed by atoms with van der Waals surface area (Å²) in [5.41, 5.74) is 1.14. The summed E-state index contributed by atoms with van der Waals surface area (Å²) in [6.45, 7) is 0.788. The number of guanidine groups is 1. The second-order valence-corrected chi connectivity index (χ2v) is 3.68. The first-order valence-corrected chi connectivity index (χ1v) is 5.84. The van der Waals surface area contributed by atoms with E-state index in [0.717, 1.165) is 36.0 Å². The van der Waals surface area contributed by atoms with Crippen molar-refractivity contribution in [1.29, 1.82) is 0 Å². The molecule has 0 unspecified atom stereocenters. The minimum absolute atomic E-state index is 0. The van der Waals surface area contributed by atoms with Crippen molar-refractivity contribution in [3.8, 4) is 11.5 Å². The van der Waals surface area contributed by atoms with Gasteiger partial charge in [0.05, 0.1) is 14.2 Å². The van der Waals surface area contributed by atoms with Gasteiger partial charge >= 0.3 is 0 Å². The molecule has 2 N–H and O–H groups in total. The molecule has 0 bridgehead atoms. The minimum Gasteiger partial charge on any atom is -0.497 e. The average Bonchev–Trinajstić information content (AvgIpc) is 2.43. The topological polar surface area (TPSA) is 54.9 Å². The van der Waals surface area contributed by atoms with Crippen molar-refractivity contribution in [3.05, 3.63) is 23.8 Å². The molecule has 108 valence electrons. The Labute approximate surface area is 131 Å². The van der Waals surface area contributed by atoms with E-state index in [9.17, 15) is 0 Å². The third-order valence-corrected chi connectivity index (χ3v) is 2.64. The van der Waals surface area contributed by atoms with Gasteiger partial charge in [0.25, 0.3) is 0 Å². The van der Waals surface area contributed by atoms with Crippen LogP contribution in [0.4, 0.5) is 0 Å². The molecule has 0 aliphatic rings. The molecule has 6 heteroatoms. The molecule has 5 nitrogen and oxygen atoms in total. The van der Waals surface area contributed by atoms with E-state index in [2.05, 4.69) is 15.6 Å². The molecule has 0 aliphatic heterocycles. The molecule has 1 rings (SSSR count). The van der Waals surface area contributed by atoms with Gasteiger partial charge in [-0.2, -0.15) is 0 Å². The third-order valence-electron chi connectivity index (χ3n) is 2.64. The van der Waals surface area contributed by atoms with Crippen molar-refractivity contribution in [1.82, 2.24) is 10.6 Å². The maximum Gasteiger partial charge on any atom is 0.190 e. The van der Waals surface area contributed by atoms with Crippen LogP contribution in [-0.4, -0.2) is 40.8 Å². The van der Waals surface area contributed by atoms with Crippen LogP contribution in [-0.2, 0) is 6.42 Å². The van der Waals surface area contributed by atoms with Crippen LogP contribution in [0.3, 0.4) is 0 Å². The number of nitrogens with zero attached hydrogens (tertiary/aromatic N) is 1. The number of nitrogens with one attached hydrogen (secondary N) is 2. The number of benzene rings is 1. The van der Waals surface area contributed by atoms with Gasteiger partial charge in [-0.3, -0.25) is 4.99 Å². The maximum atomic E-state index is 5.34. The molecule has 0 spiro atoms. The highest BCUT2D eigenvalue weighted by Crippen LogP contribution is 2.24. The van der Waals surface area contributed by atoms with Crippen molar-refractivity contribution in [2.45, 2.75) is 6.42 Å². The zero-order chi connectivity index (χ0) is 13.4. The summed E-state index contributed by atoms with van der Waals surface area (Å²) in [7, 11) is 6.89. The SMILES string of the molecule is CN=C(NC)NCCc1ccc(OC)cc1OC.I. The van der Waals surface area contributed by atoms with E-state index in [4.69, 9.17) is 9.47 Å². The average molecular weight is 379 g/mol. The van der Waals surface area contributed by atoms with E-state index >= 15 is 0 Å². The normalized spacial score (nSPS) is 10.4. The molecule has 0 heterocycles. The van der Waals surface area contributed by atoms with E-state index in [0.29, 0.717) is 0 Å². The number of halogens is 1. The van der Waals surface area contributed by atoms with Gasteiger partial charge in [0.15, 0.2) is 5.96 Å². The van der Waals surface area contributed by atoms with Gasteiger partial charge in [0.2, 0.25) is 0 Å². The lowest BCUT2D eigenvalue weighted by atomic mass is 10.1. The smallest absolute Gasteiger partial charge is 0.190 e. The fourth-order valence-corrected chi connectivity index (χ4v) is 1.65. The summed E-state index contributed by atoms with van der Waals surface area (Å²) < 4.78 is 10.5. The van der Waals surface area contributed by atoms with Gasteiger partial charge in [0, 0.05) is 26.7 Å². The molecular formula is C13H22IN3O2. The fraction of sp³-hybridized carbons (Fsp3) is 0.462. The van der Waals surface area contributed by atoms with Crippen molar-refractivity contribution in [2.24, 2.45) is 4.99 Å². The predicted molar refractivity (Wildman–Crippen MR) is 89.1 cm³/mol. The maximum absolute atomic E-state index is 5.34. The summed E-state index contributed by atoms with van der Waals surface area (Å²) in [5, 5.41) is 6.17. The lowest BCUT2D eigenvalue weighted by Gasteiger charge is -2.12. The quantitative estimate of drug-likeness (QED) is 0.464. The summed E-state index contributed by atoms with van der Waals surface area (Å²) in [5.74, 6) is 2.42. The Balaban J connectivity index is 0.00000324. The number of hydrogen-bond acceptors (Lipinski definition) is 3. The molecule has 0 saturated carbocycles. The lowest BCUT2D eigenvalue weighted by Crippen LogP contribution is -2.35. The van der Waals surface area contributed by atoms with Crippen LogP contribution in [0.5, 0.6) is 11.5 Å². The Morgan fingerprint density at radius 2 is 2.00 bits per heavy atom. The number of methoxy groups -OCH3 is 2. The summed E-state index contributed by atoms with van der Waals surface area (Å²) in [6, 6.07) is 5.84. The number of rotatable bonds is 5. The van der Waals surface area contributed by atoms with Gasteiger partial charge in [-0.15, -0.1) is 24.0 Å². The van der Waals surface area contributed by atoms with E-state index in [1.165, 1.54) is 0 Å². The van der Waals surface area contributed by atoms with Crippen LogP contribution in [0.1, 0.15) is 5.56 Å². The van der Waals surface area contributed by atoms with Crippen molar-refractivity contribution in [2.75, 3.05) is 34.9 Å². The van der Waals surface area contributed by atoms with Crippen LogP contribution in [0.2, 0.25) is 0 Å².